The van der Waals surface area contributed by atoms with Crippen LogP contribution >= 0.6 is 0 Å². The van der Waals surface area contributed by atoms with Crippen molar-refractivity contribution < 1.29 is 4.79 Å². The zero-order chi connectivity index (χ0) is 14.2. The third-order valence-corrected chi connectivity index (χ3v) is 5.58. The molecule has 3 nitrogen and oxygen atoms in total. The molecule has 4 rings (SSSR count). The van der Waals surface area contributed by atoms with E-state index in [2.05, 4.69) is 34.5 Å². The number of fused-ring (bicyclic) bond motifs is 2. The molecule has 21 heavy (non-hydrogen) atoms. The van der Waals surface area contributed by atoms with Gasteiger partial charge in [-0.25, -0.2) is 0 Å². The maximum absolute atomic E-state index is 13.0. The Morgan fingerprint density at radius 1 is 1.14 bits per heavy atom. The summed E-state index contributed by atoms with van der Waals surface area (Å²) in [6.45, 7) is 3.01. The number of nitrogens with one attached hydrogen (secondary N) is 1. The largest absolute Gasteiger partial charge is 0.340 e. The van der Waals surface area contributed by atoms with E-state index in [4.69, 9.17) is 0 Å². The third kappa shape index (κ3) is 2.38. The Labute approximate surface area is 126 Å². The highest BCUT2D eigenvalue weighted by molar-refractivity contribution is 5.84. The van der Waals surface area contributed by atoms with Gasteiger partial charge in [0.25, 0.3) is 0 Å². The van der Waals surface area contributed by atoms with Gasteiger partial charge in [0, 0.05) is 19.1 Å². The minimum absolute atomic E-state index is 0.107. The highest BCUT2D eigenvalue weighted by Crippen LogP contribution is 2.35. The molecule has 1 unspecified atom stereocenters. The summed E-state index contributed by atoms with van der Waals surface area (Å²) in [5.74, 6) is 1.16. The van der Waals surface area contributed by atoms with E-state index in [9.17, 15) is 4.79 Å². The van der Waals surface area contributed by atoms with Gasteiger partial charge in [-0.05, 0) is 55.7 Å². The van der Waals surface area contributed by atoms with Gasteiger partial charge >= 0.3 is 0 Å². The molecule has 2 saturated heterocycles. The van der Waals surface area contributed by atoms with Crippen LogP contribution in [0.15, 0.2) is 24.3 Å². The molecule has 0 bridgehead atoms. The number of benzene rings is 1. The van der Waals surface area contributed by atoms with Gasteiger partial charge in [0.1, 0.15) is 0 Å². The normalized spacial score (nSPS) is 31.6. The zero-order valence-corrected chi connectivity index (χ0v) is 12.6. The molecule has 0 saturated carbocycles. The predicted molar refractivity (Wildman–Crippen MR) is 83.2 cm³/mol. The van der Waals surface area contributed by atoms with Crippen LogP contribution in [-0.4, -0.2) is 36.5 Å². The molecule has 1 N–H and O–H groups in total. The molecular formula is C18H24N2O. The van der Waals surface area contributed by atoms with Crippen molar-refractivity contribution in [2.75, 3.05) is 19.6 Å². The molecule has 2 aliphatic heterocycles. The van der Waals surface area contributed by atoms with Gasteiger partial charge in [-0.15, -0.1) is 0 Å². The molecule has 3 atom stereocenters. The maximum Gasteiger partial charge on any atom is 0.230 e. The standard InChI is InChI=1S/C18H24N2O/c21-18(20-11-14-7-4-10-19-17(14)12-20)16-9-3-6-13-5-1-2-8-15(13)16/h1-2,5,8,14,16-17,19H,3-4,6-7,9-12H2/t14-,16?,17+/m0/s1. The summed E-state index contributed by atoms with van der Waals surface area (Å²) in [7, 11) is 0. The number of hydrogen-bond donors (Lipinski definition) is 1. The predicted octanol–water partition coefficient (Wildman–Crippen LogP) is 2.32. The Morgan fingerprint density at radius 3 is 2.95 bits per heavy atom. The lowest BCUT2D eigenvalue weighted by atomic mass is 9.82. The number of hydrogen-bond acceptors (Lipinski definition) is 2. The molecule has 1 aromatic carbocycles. The Morgan fingerprint density at radius 2 is 2.05 bits per heavy atom. The van der Waals surface area contributed by atoms with Crippen LogP contribution < -0.4 is 5.32 Å². The number of likely N-dealkylation sites (tertiary alicyclic amines) is 1. The van der Waals surface area contributed by atoms with Crippen LogP contribution in [0.5, 0.6) is 0 Å². The lowest BCUT2D eigenvalue weighted by molar-refractivity contribution is -0.132. The highest BCUT2D eigenvalue weighted by Gasteiger charge is 2.39. The summed E-state index contributed by atoms with van der Waals surface area (Å²) in [5.41, 5.74) is 2.67. The Balaban J connectivity index is 1.53. The van der Waals surface area contributed by atoms with Crippen molar-refractivity contribution in [2.24, 2.45) is 5.92 Å². The third-order valence-electron chi connectivity index (χ3n) is 5.58. The molecule has 0 radical (unpaired) electrons. The summed E-state index contributed by atoms with van der Waals surface area (Å²) in [4.78, 5) is 15.1. The van der Waals surface area contributed by atoms with Gasteiger partial charge in [0.05, 0.1) is 5.92 Å². The molecule has 3 aliphatic rings. The van der Waals surface area contributed by atoms with Gasteiger partial charge in [-0.1, -0.05) is 24.3 Å². The molecule has 3 heteroatoms. The molecule has 2 fully saturated rings. The minimum atomic E-state index is 0.107. The molecular weight excluding hydrogens is 260 g/mol. The Hall–Kier alpha value is -1.35. The molecule has 1 aromatic rings. The second kappa shape index (κ2) is 5.45. The van der Waals surface area contributed by atoms with E-state index in [1.54, 1.807) is 0 Å². The van der Waals surface area contributed by atoms with Crippen molar-refractivity contribution in [1.82, 2.24) is 10.2 Å². The molecule has 1 amide bonds. The molecule has 0 aromatic heterocycles. The SMILES string of the molecule is O=C(C1CCCc2ccccc21)N1C[C@@H]2CCCN[C@@H]2C1. The fourth-order valence-corrected chi connectivity index (χ4v) is 4.46. The van der Waals surface area contributed by atoms with Crippen LogP contribution in [0.3, 0.4) is 0 Å². The van der Waals surface area contributed by atoms with Crippen molar-refractivity contribution in [2.45, 2.75) is 44.1 Å². The number of piperidine rings is 1. The van der Waals surface area contributed by atoms with Crippen LogP contribution in [-0.2, 0) is 11.2 Å². The van der Waals surface area contributed by atoms with E-state index in [1.807, 2.05) is 0 Å². The molecule has 112 valence electrons. The van der Waals surface area contributed by atoms with Crippen LogP contribution in [0.4, 0.5) is 0 Å². The zero-order valence-electron chi connectivity index (χ0n) is 12.6. The molecule has 0 spiro atoms. The lowest BCUT2D eigenvalue weighted by Gasteiger charge is -2.28. The average molecular weight is 284 g/mol. The van der Waals surface area contributed by atoms with Crippen LogP contribution in [0.25, 0.3) is 0 Å². The molecule has 1 aliphatic carbocycles. The first-order valence-corrected chi connectivity index (χ1v) is 8.43. The van der Waals surface area contributed by atoms with E-state index in [-0.39, 0.29) is 5.92 Å². The summed E-state index contributed by atoms with van der Waals surface area (Å²) in [5, 5.41) is 3.59. The summed E-state index contributed by atoms with van der Waals surface area (Å²) in [6, 6.07) is 9.08. The lowest BCUT2D eigenvalue weighted by Crippen LogP contribution is -2.41. The van der Waals surface area contributed by atoms with Crippen LogP contribution in [0.2, 0.25) is 0 Å². The van der Waals surface area contributed by atoms with Gasteiger partial charge < -0.3 is 10.2 Å². The van der Waals surface area contributed by atoms with E-state index >= 15 is 0 Å². The van der Waals surface area contributed by atoms with E-state index < -0.39 is 0 Å². The van der Waals surface area contributed by atoms with Crippen molar-refractivity contribution in [3.63, 3.8) is 0 Å². The van der Waals surface area contributed by atoms with E-state index in [0.717, 1.165) is 38.9 Å². The first-order valence-electron chi connectivity index (χ1n) is 8.43. The first kappa shape index (κ1) is 13.3. The van der Waals surface area contributed by atoms with Gasteiger partial charge in [0.15, 0.2) is 0 Å². The summed E-state index contributed by atoms with van der Waals surface area (Å²) in [6.07, 6.45) is 5.84. The minimum Gasteiger partial charge on any atom is -0.340 e. The van der Waals surface area contributed by atoms with E-state index in [1.165, 1.54) is 24.0 Å². The number of amides is 1. The van der Waals surface area contributed by atoms with Crippen molar-refractivity contribution in [1.29, 1.82) is 0 Å². The van der Waals surface area contributed by atoms with Crippen molar-refractivity contribution >= 4 is 5.91 Å². The number of rotatable bonds is 1. The topological polar surface area (TPSA) is 32.3 Å². The Kier molecular flexibility index (Phi) is 3.46. The number of nitrogens with zero attached hydrogens (tertiary/aromatic N) is 1. The number of carbonyl (C=O) groups excluding carboxylic acids is 1. The van der Waals surface area contributed by atoms with Gasteiger partial charge in [-0.3, -0.25) is 4.79 Å². The summed E-state index contributed by atoms with van der Waals surface area (Å²) < 4.78 is 0. The monoisotopic (exact) mass is 284 g/mol. The quantitative estimate of drug-likeness (QED) is 0.858. The second-order valence-corrected chi connectivity index (χ2v) is 6.85. The van der Waals surface area contributed by atoms with Gasteiger partial charge in [0.2, 0.25) is 5.91 Å². The van der Waals surface area contributed by atoms with Crippen molar-refractivity contribution in [3.05, 3.63) is 35.4 Å². The number of carbonyl (C=O) groups is 1. The van der Waals surface area contributed by atoms with Crippen molar-refractivity contribution in [3.8, 4) is 0 Å². The smallest absolute Gasteiger partial charge is 0.230 e. The fourth-order valence-electron chi connectivity index (χ4n) is 4.46. The first-order chi connectivity index (χ1) is 10.3. The maximum atomic E-state index is 13.0. The molecule has 2 heterocycles. The average Bonchev–Trinajstić information content (AvgIpc) is 2.97. The van der Waals surface area contributed by atoms with Crippen LogP contribution in [0.1, 0.15) is 42.7 Å². The Bertz CT molecular complexity index is 528. The summed E-state index contributed by atoms with van der Waals surface area (Å²) >= 11 is 0. The number of aryl methyl sites for hydroxylation is 1. The van der Waals surface area contributed by atoms with Crippen LogP contribution in [0, 0.1) is 5.92 Å². The highest BCUT2D eigenvalue weighted by atomic mass is 16.2. The fraction of sp³-hybridized carbons (Fsp3) is 0.611. The second-order valence-electron chi connectivity index (χ2n) is 6.85. The van der Waals surface area contributed by atoms with Gasteiger partial charge in [-0.2, -0.15) is 0 Å². The van der Waals surface area contributed by atoms with E-state index in [0.29, 0.717) is 17.9 Å².